The quantitative estimate of drug-likeness (QED) is 0.491. The molecule has 0 radical (unpaired) electrons. The fraction of sp³-hybridized carbons (Fsp3) is 0.222. The van der Waals surface area contributed by atoms with Gasteiger partial charge in [0.05, 0.1) is 12.0 Å². The molecule has 0 spiro atoms. The molecule has 0 aromatic heterocycles. The predicted molar refractivity (Wildman–Crippen MR) is 59.3 cm³/mol. The number of carbonyl (C=O) groups is 1. The number of nitro benzene ring substituents is 1. The summed E-state index contributed by atoms with van der Waals surface area (Å²) < 4.78 is 4.45. The molecule has 0 heterocycles. The first kappa shape index (κ1) is 14.3. The number of hydrogen-bond donors (Lipinski definition) is 1. The van der Waals surface area contributed by atoms with E-state index in [2.05, 4.69) is 4.74 Å². The Morgan fingerprint density at radius 1 is 1.44 bits per heavy atom. The van der Waals surface area contributed by atoms with Gasteiger partial charge in [0.1, 0.15) is 6.04 Å². The van der Waals surface area contributed by atoms with Gasteiger partial charge >= 0.3 is 5.97 Å². The molecule has 1 aromatic carbocycles. The van der Waals surface area contributed by atoms with Crippen LogP contribution in [0, 0.1) is 10.1 Å². The first-order valence-corrected chi connectivity index (χ1v) is 4.14. The van der Waals surface area contributed by atoms with Gasteiger partial charge in [-0.05, 0) is 5.56 Å². The van der Waals surface area contributed by atoms with Crippen LogP contribution in [0.5, 0.6) is 0 Å². The van der Waals surface area contributed by atoms with Gasteiger partial charge in [-0.25, -0.2) is 0 Å². The van der Waals surface area contributed by atoms with Crippen LogP contribution in [0.1, 0.15) is 11.6 Å². The number of benzene rings is 1. The highest BCUT2D eigenvalue weighted by Crippen LogP contribution is 2.16. The van der Waals surface area contributed by atoms with Crippen LogP contribution in [0.15, 0.2) is 24.3 Å². The molecule has 2 N–H and O–H groups in total. The summed E-state index contributed by atoms with van der Waals surface area (Å²) in [6, 6.07) is 4.53. The summed E-state index contributed by atoms with van der Waals surface area (Å²) in [7, 11) is 1.23. The van der Waals surface area contributed by atoms with Gasteiger partial charge in [-0.1, -0.05) is 12.1 Å². The number of nitrogens with zero attached hydrogens (tertiary/aromatic N) is 1. The van der Waals surface area contributed by atoms with Gasteiger partial charge in [0, 0.05) is 12.1 Å². The second-order valence-electron chi connectivity index (χ2n) is 2.85. The van der Waals surface area contributed by atoms with Gasteiger partial charge in [-0.2, -0.15) is 0 Å². The molecule has 0 unspecified atom stereocenters. The third-order valence-corrected chi connectivity index (χ3v) is 1.92. The summed E-state index contributed by atoms with van der Waals surface area (Å²) in [4.78, 5) is 20.9. The maximum Gasteiger partial charge on any atom is 0.327 e. The molecule has 1 atom stereocenters. The summed E-state index contributed by atoms with van der Waals surface area (Å²) in [5, 5.41) is 10.4. The van der Waals surface area contributed by atoms with Crippen molar-refractivity contribution in [3.8, 4) is 0 Å². The van der Waals surface area contributed by atoms with Crippen molar-refractivity contribution >= 4 is 24.1 Å². The number of nitro groups is 1. The van der Waals surface area contributed by atoms with Crippen LogP contribution in [-0.4, -0.2) is 18.0 Å². The largest absolute Gasteiger partial charge is 0.468 e. The van der Waals surface area contributed by atoms with Gasteiger partial charge < -0.3 is 10.5 Å². The first-order chi connectivity index (χ1) is 7.06. The summed E-state index contributed by atoms with van der Waals surface area (Å²) in [6.45, 7) is 0. The molecule has 1 rings (SSSR count). The Hall–Kier alpha value is -1.66. The number of methoxy groups -OCH3 is 1. The first-order valence-electron chi connectivity index (χ1n) is 4.14. The van der Waals surface area contributed by atoms with E-state index in [1.807, 2.05) is 0 Å². The molecule has 0 saturated heterocycles. The van der Waals surface area contributed by atoms with E-state index < -0.39 is 16.9 Å². The van der Waals surface area contributed by atoms with Crippen molar-refractivity contribution in [3.05, 3.63) is 39.9 Å². The molecule has 1 aromatic rings. The summed E-state index contributed by atoms with van der Waals surface area (Å²) >= 11 is 0. The molecule has 0 aliphatic carbocycles. The zero-order chi connectivity index (χ0) is 11.4. The van der Waals surface area contributed by atoms with Crippen molar-refractivity contribution < 1.29 is 14.5 Å². The fourth-order valence-electron chi connectivity index (χ4n) is 1.07. The van der Waals surface area contributed by atoms with E-state index in [0.717, 1.165) is 0 Å². The minimum atomic E-state index is -0.907. The number of ether oxygens (including phenoxy) is 1. The number of non-ortho nitro benzene ring substituents is 1. The summed E-state index contributed by atoms with van der Waals surface area (Å²) in [6.07, 6.45) is 0. The fourth-order valence-corrected chi connectivity index (χ4v) is 1.07. The van der Waals surface area contributed by atoms with Crippen molar-refractivity contribution in [1.82, 2.24) is 0 Å². The van der Waals surface area contributed by atoms with Gasteiger partial charge in [0.15, 0.2) is 0 Å². The van der Waals surface area contributed by atoms with Crippen molar-refractivity contribution in [2.45, 2.75) is 6.04 Å². The normalized spacial score (nSPS) is 11.1. The van der Waals surface area contributed by atoms with Gasteiger partial charge in [-0.15, -0.1) is 12.4 Å². The zero-order valence-corrected chi connectivity index (χ0v) is 9.27. The number of carbonyl (C=O) groups excluding carboxylic acids is 1. The molecule has 6 nitrogen and oxygen atoms in total. The summed E-state index contributed by atoms with van der Waals surface area (Å²) in [5.74, 6) is -0.580. The molecular formula is C9H11ClN2O4. The molecule has 0 amide bonds. The minimum absolute atomic E-state index is 0. The molecule has 0 fully saturated rings. The monoisotopic (exact) mass is 246 g/mol. The van der Waals surface area contributed by atoms with Crippen LogP contribution in [0.3, 0.4) is 0 Å². The molecule has 7 heteroatoms. The van der Waals surface area contributed by atoms with E-state index in [1.54, 1.807) is 0 Å². The minimum Gasteiger partial charge on any atom is -0.468 e. The molecule has 0 saturated carbocycles. The van der Waals surface area contributed by atoms with Crippen molar-refractivity contribution in [3.63, 3.8) is 0 Å². The Morgan fingerprint density at radius 3 is 2.31 bits per heavy atom. The van der Waals surface area contributed by atoms with Crippen LogP contribution >= 0.6 is 12.4 Å². The van der Waals surface area contributed by atoms with E-state index in [-0.39, 0.29) is 18.1 Å². The third-order valence-electron chi connectivity index (χ3n) is 1.92. The number of nitrogens with two attached hydrogens (primary N) is 1. The van der Waals surface area contributed by atoms with E-state index in [9.17, 15) is 14.9 Å². The molecule has 0 bridgehead atoms. The zero-order valence-electron chi connectivity index (χ0n) is 8.45. The maximum absolute atomic E-state index is 11.0. The van der Waals surface area contributed by atoms with E-state index in [4.69, 9.17) is 5.73 Å². The maximum atomic E-state index is 11.0. The molecular weight excluding hydrogens is 236 g/mol. The Balaban J connectivity index is 0.00000225. The Morgan fingerprint density at radius 2 is 1.94 bits per heavy atom. The number of rotatable bonds is 3. The van der Waals surface area contributed by atoms with Crippen LogP contribution in [0.25, 0.3) is 0 Å². The molecule has 88 valence electrons. The van der Waals surface area contributed by atoms with Gasteiger partial charge in [0.25, 0.3) is 5.69 Å². The lowest BCUT2D eigenvalue weighted by Gasteiger charge is -2.08. The second-order valence-corrected chi connectivity index (χ2v) is 2.85. The molecule has 16 heavy (non-hydrogen) atoms. The highest BCUT2D eigenvalue weighted by molar-refractivity contribution is 5.85. The van der Waals surface area contributed by atoms with Crippen molar-refractivity contribution in [2.75, 3.05) is 7.11 Å². The molecule has 0 aliphatic rings. The number of hydrogen-bond acceptors (Lipinski definition) is 5. The van der Waals surface area contributed by atoms with Crippen molar-refractivity contribution in [1.29, 1.82) is 0 Å². The summed E-state index contributed by atoms with van der Waals surface area (Å²) in [5.41, 5.74) is 5.96. The van der Waals surface area contributed by atoms with E-state index >= 15 is 0 Å². The van der Waals surface area contributed by atoms with E-state index in [0.29, 0.717) is 5.56 Å². The van der Waals surface area contributed by atoms with Crippen LogP contribution < -0.4 is 5.73 Å². The Labute approximate surface area is 97.9 Å². The van der Waals surface area contributed by atoms with Crippen LogP contribution in [0.2, 0.25) is 0 Å². The molecule has 0 aliphatic heterocycles. The van der Waals surface area contributed by atoms with Crippen LogP contribution in [0.4, 0.5) is 5.69 Å². The number of halogens is 1. The predicted octanol–water partition coefficient (Wildman–Crippen LogP) is 1.19. The topological polar surface area (TPSA) is 95.5 Å². The second kappa shape index (κ2) is 6.04. The standard InChI is InChI=1S/C9H10N2O4.ClH/c1-15-9(12)8(10)6-2-4-7(5-3-6)11(13)14;/h2-5,8H,10H2,1H3;1H/t8-;/m1./s1. The Kier molecular flexibility index (Phi) is 5.41. The average Bonchev–Trinajstić information content (AvgIpc) is 2.27. The van der Waals surface area contributed by atoms with Crippen molar-refractivity contribution in [2.24, 2.45) is 5.73 Å². The van der Waals surface area contributed by atoms with E-state index in [1.165, 1.54) is 31.4 Å². The lowest BCUT2D eigenvalue weighted by molar-refractivity contribution is -0.384. The van der Waals surface area contributed by atoms with Gasteiger partial charge in [0.2, 0.25) is 0 Å². The highest BCUT2D eigenvalue weighted by Gasteiger charge is 2.16. The van der Waals surface area contributed by atoms with Gasteiger partial charge in [-0.3, -0.25) is 14.9 Å². The Bertz CT molecular complexity index is 380. The smallest absolute Gasteiger partial charge is 0.327 e. The average molecular weight is 247 g/mol. The lowest BCUT2D eigenvalue weighted by Crippen LogP contribution is -2.22. The highest BCUT2D eigenvalue weighted by atomic mass is 35.5. The lowest BCUT2D eigenvalue weighted by atomic mass is 10.1. The third kappa shape index (κ3) is 3.18. The SMILES string of the molecule is COC(=O)[C@H](N)c1ccc([N+](=O)[O-])cc1.Cl. The van der Waals surface area contributed by atoms with Crippen LogP contribution in [-0.2, 0) is 9.53 Å². The number of esters is 1.